The van der Waals surface area contributed by atoms with Gasteiger partial charge >= 0.3 is 5.97 Å². The van der Waals surface area contributed by atoms with Crippen LogP contribution < -0.4 is 5.32 Å². The molecule has 0 bridgehead atoms. The second-order valence-electron chi connectivity index (χ2n) is 6.13. The summed E-state index contributed by atoms with van der Waals surface area (Å²) in [6.45, 7) is 4.25. The average Bonchev–Trinajstić information content (AvgIpc) is 2.56. The predicted octanol–water partition coefficient (Wildman–Crippen LogP) is 4.04. The SMILES string of the molecule is CCC.O=C(N[C@H](Cc1ccccc1)C(=O)O)C1CCCCC1.[HH]. The molecule has 0 heterocycles. The molecule has 2 rings (SSSR count). The third kappa shape index (κ3) is 7.31. The largest absolute Gasteiger partial charge is 0.480 e. The van der Waals surface area contributed by atoms with Gasteiger partial charge in [0.25, 0.3) is 0 Å². The zero-order valence-electron chi connectivity index (χ0n) is 14.3. The van der Waals surface area contributed by atoms with Crippen molar-refractivity contribution in [3.05, 3.63) is 35.9 Å². The third-order valence-corrected chi connectivity index (χ3v) is 3.87. The fourth-order valence-corrected chi connectivity index (χ4v) is 2.70. The van der Waals surface area contributed by atoms with Crippen LogP contribution in [0.25, 0.3) is 0 Å². The molecule has 0 saturated heterocycles. The first-order chi connectivity index (χ1) is 11.1. The summed E-state index contributed by atoms with van der Waals surface area (Å²) in [7, 11) is 0. The Balaban J connectivity index is 0.00000123. The topological polar surface area (TPSA) is 66.4 Å². The van der Waals surface area contributed by atoms with Crippen molar-refractivity contribution in [2.24, 2.45) is 5.92 Å². The molecule has 0 unspecified atom stereocenters. The van der Waals surface area contributed by atoms with Crippen LogP contribution in [0.15, 0.2) is 30.3 Å². The van der Waals surface area contributed by atoms with Crippen LogP contribution in [0, 0.1) is 5.92 Å². The van der Waals surface area contributed by atoms with Crippen LogP contribution in [0.3, 0.4) is 0 Å². The molecule has 23 heavy (non-hydrogen) atoms. The number of carboxylic acid groups (broad SMARTS) is 1. The van der Waals surface area contributed by atoms with Crippen molar-refractivity contribution >= 4 is 11.9 Å². The minimum Gasteiger partial charge on any atom is -0.480 e. The summed E-state index contributed by atoms with van der Waals surface area (Å²) in [6, 6.07) is 8.55. The number of carboxylic acids is 1. The molecule has 0 spiro atoms. The van der Waals surface area contributed by atoms with Gasteiger partial charge in [0.2, 0.25) is 5.91 Å². The molecule has 1 amide bonds. The zero-order chi connectivity index (χ0) is 17.1. The minimum absolute atomic E-state index is 0. The zero-order valence-corrected chi connectivity index (χ0v) is 14.3. The summed E-state index contributed by atoms with van der Waals surface area (Å²) in [5.41, 5.74) is 0.920. The number of carbonyl (C=O) groups excluding carboxylic acids is 1. The van der Waals surface area contributed by atoms with Gasteiger partial charge in [-0.2, -0.15) is 0 Å². The van der Waals surface area contributed by atoms with Gasteiger partial charge in [-0.3, -0.25) is 4.79 Å². The maximum atomic E-state index is 12.1. The fourth-order valence-electron chi connectivity index (χ4n) is 2.70. The number of aliphatic carboxylic acids is 1. The molecular formula is C19H31NO3. The molecule has 0 aliphatic heterocycles. The summed E-state index contributed by atoms with van der Waals surface area (Å²) >= 11 is 0. The molecule has 4 nitrogen and oxygen atoms in total. The lowest BCUT2D eigenvalue weighted by atomic mass is 9.88. The van der Waals surface area contributed by atoms with Gasteiger partial charge in [-0.15, -0.1) is 0 Å². The second kappa shape index (κ2) is 10.8. The summed E-state index contributed by atoms with van der Waals surface area (Å²) < 4.78 is 0. The highest BCUT2D eigenvalue weighted by Gasteiger charge is 2.26. The smallest absolute Gasteiger partial charge is 0.326 e. The molecular weight excluding hydrogens is 290 g/mol. The van der Waals surface area contributed by atoms with Gasteiger partial charge in [-0.05, 0) is 18.4 Å². The van der Waals surface area contributed by atoms with Crippen LogP contribution in [0.2, 0.25) is 0 Å². The fraction of sp³-hybridized carbons (Fsp3) is 0.579. The van der Waals surface area contributed by atoms with E-state index in [9.17, 15) is 14.7 Å². The summed E-state index contributed by atoms with van der Waals surface area (Å²) in [4.78, 5) is 23.4. The Morgan fingerprint density at radius 1 is 1.17 bits per heavy atom. The van der Waals surface area contributed by atoms with Gasteiger partial charge < -0.3 is 10.4 Å². The highest BCUT2D eigenvalue weighted by atomic mass is 16.4. The lowest BCUT2D eigenvalue weighted by molar-refractivity contribution is -0.142. The van der Waals surface area contributed by atoms with Crippen LogP contribution in [0.5, 0.6) is 0 Å². The number of benzene rings is 1. The highest BCUT2D eigenvalue weighted by Crippen LogP contribution is 2.23. The molecule has 2 N–H and O–H groups in total. The molecule has 130 valence electrons. The lowest BCUT2D eigenvalue weighted by Gasteiger charge is -2.23. The van der Waals surface area contributed by atoms with E-state index < -0.39 is 12.0 Å². The number of rotatable bonds is 5. The van der Waals surface area contributed by atoms with Crippen molar-refractivity contribution < 1.29 is 16.1 Å². The van der Waals surface area contributed by atoms with Crippen molar-refractivity contribution in [3.63, 3.8) is 0 Å². The van der Waals surface area contributed by atoms with Crippen LogP contribution in [-0.4, -0.2) is 23.0 Å². The minimum atomic E-state index is -0.974. The van der Waals surface area contributed by atoms with Gasteiger partial charge in [-0.1, -0.05) is 69.9 Å². The van der Waals surface area contributed by atoms with E-state index in [1.165, 1.54) is 12.8 Å². The number of amides is 1. The van der Waals surface area contributed by atoms with Crippen LogP contribution in [0.4, 0.5) is 0 Å². The Labute approximate surface area is 140 Å². The van der Waals surface area contributed by atoms with E-state index in [1.807, 2.05) is 30.3 Å². The normalized spacial score (nSPS) is 15.9. The molecule has 1 aliphatic carbocycles. The molecule has 1 saturated carbocycles. The molecule has 1 atom stereocenters. The maximum absolute atomic E-state index is 12.1. The van der Waals surface area contributed by atoms with E-state index in [2.05, 4.69) is 19.2 Å². The Morgan fingerprint density at radius 3 is 2.26 bits per heavy atom. The van der Waals surface area contributed by atoms with Crippen LogP contribution in [0.1, 0.15) is 59.4 Å². The monoisotopic (exact) mass is 321 g/mol. The number of carbonyl (C=O) groups is 2. The van der Waals surface area contributed by atoms with E-state index in [4.69, 9.17) is 0 Å². The standard InChI is InChI=1S/C16H21NO3.C3H8.H2/c18-15(13-9-5-2-6-10-13)17-14(16(19)20)11-12-7-3-1-4-8-12;1-3-2;/h1,3-4,7-8,13-14H,2,5-6,9-11H2,(H,17,18)(H,19,20);3H2,1-2H3;1H/t14-;;/m1../s1. The molecule has 1 fully saturated rings. The van der Waals surface area contributed by atoms with Crippen LogP contribution >= 0.6 is 0 Å². The summed E-state index contributed by atoms with van der Waals surface area (Å²) in [5.74, 6) is -1.09. The second-order valence-corrected chi connectivity index (χ2v) is 6.13. The number of nitrogens with one attached hydrogen (secondary N) is 1. The third-order valence-electron chi connectivity index (χ3n) is 3.87. The van der Waals surface area contributed by atoms with Crippen molar-refractivity contribution in [3.8, 4) is 0 Å². The van der Waals surface area contributed by atoms with Gasteiger partial charge in [0.05, 0.1) is 0 Å². The Kier molecular flexibility index (Phi) is 9.03. The predicted molar refractivity (Wildman–Crippen MR) is 94.4 cm³/mol. The van der Waals surface area contributed by atoms with E-state index in [0.717, 1.165) is 31.2 Å². The van der Waals surface area contributed by atoms with Gasteiger partial charge in [0.1, 0.15) is 6.04 Å². The first kappa shape index (κ1) is 19.2. The summed E-state index contributed by atoms with van der Waals surface area (Å²) in [6.07, 6.45) is 6.64. The quantitative estimate of drug-likeness (QED) is 0.860. The molecule has 1 aromatic rings. The van der Waals surface area contributed by atoms with Crippen molar-refractivity contribution in [1.29, 1.82) is 0 Å². The van der Waals surface area contributed by atoms with E-state index >= 15 is 0 Å². The van der Waals surface area contributed by atoms with E-state index in [-0.39, 0.29) is 13.3 Å². The first-order valence-electron chi connectivity index (χ1n) is 8.65. The van der Waals surface area contributed by atoms with Gasteiger partial charge in [0.15, 0.2) is 0 Å². The first-order valence-corrected chi connectivity index (χ1v) is 8.65. The van der Waals surface area contributed by atoms with E-state index in [1.54, 1.807) is 0 Å². The average molecular weight is 321 g/mol. The van der Waals surface area contributed by atoms with Crippen molar-refractivity contribution in [1.82, 2.24) is 5.32 Å². The van der Waals surface area contributed by atoms with E-state index in [0.29, 0.717) is 6.42 Å². The lowest BCUT2D eigenvalue weighted by Crippen LogP contribution is -2.45. The molecule has 1 aliphatic rings. The van der Waals surface area contributed by atoms with Crippen molar-refractivity contribution in [2.45, 2.75) is 64.8 Å². The molecule has 0 radical (unpaired) electrons. The molecule has 1 aromatic carbocycles. The molecule has 0 aromatic heterocycles. The Bertz CT molecular complexity index is 473. The summed E-state index contributed by atoms with van der Waals surface area (Å²) in [5, 5.41) is 12.0. The van der Waals surface area contributed by atoms with Gasteiger partial charge in [-0.25, -0.2) is 4.79 Å². The number of hydrogen-bond acceptors (Lipinski definition) is 2. The van der Waals surface area contributed by atoms with Crippen molar-refractivity contribution in [2.75, 3.05) is 0 Å². The van der Waals surface area contributed by atoms with Gasteiger partial charge in [0, 0.05) is 13.8 Å². The Hall–Kier alpha value is -1.84. The number of hydrogen-bond donors (Lipinski definition) is 2. The van der Waals surface area contributed by atoms with Crippen LogP contribution in [-0.2, 0) is 16.0 Å². The Morgan fingerprint density at radius 2 is 1.74 bits per heavy atom. The highest BCUT2D eigenvalue weighted by molar-refractivity contribution is 5.85. The molecule has 4 heteroatoms. The maximum Gasteiger partial charge on any atom is 0.326 e.